The molecule has 4 fully saturated rings. The summed E-state index contributed by atoms with van der Waals surface area (Å²) in [6.45, 7) is 25.3. The van der Waals surface area contributed by atoms with Gasteiger partial charge in [-0.3, -0.25) is 24.3 Å². The summed E-state index contributed by atoms with van der Waals surface area (Å²) in [7, 11) is 4.29. The number of aliphatic carboxylic acids is 1. The number of carboxylic acid groups (broad SMARTS) is 1. The van der Waals surface area contributed by atoms with Crippen LogP contribution in [0.4, 0.5) is 0 Å². The summed E-state index contributed by atoms with van der Waals surface area (Å²) in [4.78, 5) is 48.9. The van der Waals surface area contributed by atoms with E-state index in [9.17, 15) is 19.5 Å². The summed E-state index contributed by atoms with van der Waals surface area (Å²) >= 11 is 0. The first-order valence-electron chi connectivity index (χ1n) is 22.0. The maximum atomic E-state index is 14.3. The largest absolute Gasteiger partial charge is 0.481 e. The topological polar surface area (TPSA) is 100 Å². The molecule has 0 spiro atoms. The van der Waals surface area contributed by atoms with Crippen LogP contribution in [0, 0.1) is 56.2 Å². The second kappa shape index (κ2) is 15.2. The molecule has 0 aromatic carbocycles. The van der Waals surface area contributed by atoms with Gasteiger partial charge in [-0.05, 0) is 157 Å². The number of hydrogen-bond acceptors (Lipinski definition) is 7. The van der Waals surface area contributed by atoms with Gasteiger partial charge in [0.25, 0.3) is 0 Å². The quantitative estimate of drug-likeness (QED) is 0.198. The van der Waals surface area contributed by atoms with Crippen molar-refractivity contribution < 1.29 is 24.2 Å². The van der Waals surface area contributed by atoms with Gasteiger partial charge in [-0.15, -0.1) is 0 Å². The second-order valence-electron chi connectivity index (χ2n) is 21.7. The van der Waals surface area contributed by atoms with Crippen molar-refractivity contribution in [1.29, 1.82) is 0 Å². The van der Waals surface area contributed by atoms with Gasteiger partial charge in [-0.2, -0.15) is 0 Å². The zero-order valence-corrected chi connectivity index (χ0v) is 37.1. The first kappa shape index (κ1) is 43.0. The van der Waals surface area contributed by atoms with Crippen molar-refractivity contribution in [2.75, 3.05) is 33.7 Å². The Hall–Kier alpha value is -2.58. The third-order valence-electron chi connectivity index (χ3n) is 17.3. The fourth-order valence-electron chi connectivity index (χ4n) is 13.9. The van der Waals surface area contributed by atoms with Gasteiger partial charge in [-0.1, -0.05) is 60.1 Å². The highest BCUT2D eigenvalue weighted by Gasteiger charge is 2.70. The number of carboxylic acids is 1. The summed E-state index contributed by atoms with van der Waals surface area (Å²) in [6, 6.07) is 6.43. The molecule has 5 aliphatic rings. The number of ketones is 1. The Balaban J connectivity index is 1.27. The maximum Gasteiger partial charge on any atom is 0.309 e. The van der Waals surface area contributed by atoms with Gasteiger partial charge >= 0.3 is 11.9 Å². The average Bonchev–Trinajstić information content (AvgIpc) is 3.41. The van der Waals surface area contributed by atoms with E-state index in [1.54, 1.807) is 19.4 Å². The third kappa shape index (κ3) is 7.13. The molecule has 1 aromatic heterocycles. The second-order valence-corrected chi connectivity index (χ2v) is 21.7. The predicted molar refractivity (Wildman–Crippen MR) is 223 cm³/mol. The Bertz CT molecular complexity index is 1680. The van der Waals surface area contributed by atoms with E-state index in [0.717, 1.165) is 82.3 Å². The van der Waals surface area contributed by atoms with Crippen LogP contribution < -0.4 is 0 Å². The lowest BCUT2D eigenvalue weighted by Gasteiger charge is -2.72. The predicted octanol–water partition coefficient (Wildman–Crippen LogP) is 9.79. The molecule has 0 bridgehead atoms. The number of fused-ring (bicyclic) bond motifs is 7. The van der Waals surface area contributed by atoms with Gasteiger partial charge in [0.15, 0.2) is 5.78 Å². The van der Waals surface area contributed by atoms with E-state index in [-0.39, 0.29) is 51.6 Å². The molecule has 0 amide bonds. The van der Waals surface area contributed by atoms with Crippen LogP contribution in [0.25, 0.3) is 0 Å². The van der Waals surface area contributed by atoms with Gasteiger partial charge in [0.1, 0.15) is 6.10 Å². The molecule has 8 nitrogen and oxygen atoms in total. The molecule has 5 aliphatic carbocycles. The molecule has 0 saturated heterocycles. The Morgan fingerprint density at radius 2 is 1.62 bits per heavy atom. The normalized spacial score (nSPS) is 35.9. The Labute approximate surface area is 339 Å². The SMILES string of the molecule is CC(C)C1=C2C3CCC4C5(C)CCC(OC(=O)CC(C)(C)C(=O)O)C(C)(C)C5CCC4(C)C3(C)CCC2(CCN(CCN(C)C)C(C)c2ccccn2)CC1=O. The van der Waals surface area contributed by atoms with Crippen LogP contribution in [-0.2, 0) is 19.1 Å². The minimum atomic E-state index is -1.15. The molecule has 1 N–H and O–H groups in total. The molecule has 1 aromatic rings. The van der Waals surface area contributed by atoms with Crippen molar-refractivity contribution in [3.63, 3.8) is 0 Å². The highest BCUT2D eigenvalue weighted by molar-refractivity contribution is 6.00. The van der Waals surface area contributed by atoms with E-state index in [4.69, 9.17) is 9.72 Å². The number of rotatable bonds is 13. The molecule has 1 heterocycles. The van der Waals surface area contributed by atoms with Crippen molar-refractivity contribution in [2.24, 2.45) is 56.2 Å². The number of allylic oxidation sites excluding steroid dienone is 2. The standard InChI is InChI=1S/C48H75N3O5/c1-31(2)40-35(52)29-48(24-26-51(28-27-50(11)12)32(3)34-15-13-14-25-49-34)23-22-46(9)33(41(40)48)16-17-37-45(8)20-19-38(56-39(53)30-43(4,5)42(54)55)44(6,7)36(45)18-21-47(37,46)10/h13-15,25,31-33,36-38H,16-24,26-30H2,1-12H3,(H,54,55). The average molecular weight is 774 g/mol. The molecule has 0 radical (unpaired) electrons. The lowest BCUT2D eigenvalue weighted by atomic mass is 9.33. The van der Waals surface area contributed by atoms with Crippen molar-refractivity contribution in [1.82, 2.24) is 14.8 Å². The van der Waals surface area contributed by atoms with Crippen LogP contribution in [-0.4, -0.2) is 77.4 Å². The fraction of sp³-hybridized carbons (Fsp3) is 0.792. The number of hydrogen-bond donors (Lipinski definition) is 1. The first-order chi connectivity index (χ1) is 26.0. The third-order valence-corrected chi connectivity index (χ3v) is 17.3. The number of aromatic nitrogens is 1. The van der Waals surface area contributed by atoms with E-state index in [1.807, 2.05) is 12.3 Å². The maximum absolute atomic E-state index is 14.3. The zero-order valence-electron chi connectivity index (χ0n) is 37.1. The number of nitrogens with zero attached hydrogens (tertiary/aromatic N) is 3. The van der Waals surface area contributed by atoms with Crippen LogP contribution in [0.2, 0.25) is 0 Å². The van der Waals surface area contributed by atoms with E-state index < -0.39 is 17.4 Å². The summed E-state index contributed by atoms with van der Waals surface area (Å²) < 4.78 is 6.21. The molecule has 312 valence electrons. The van der Waals surface area contributed by atoms with Crippen LogP contribution in [0.5, 0.6) is 0 Å². The summed E-state index contributed by atoms with van der Waals surface area (Å²) in [6.07, 6.45) is 11.9. The first-order valence-corrected chi connectivity index (χ1v) is 22.0. The molecule has 9 unspecified atom stereocenters. The summed E-state index contributed by atoms with van der Waals surface area (Å²) in [5.74, 6) is 0.612. The highest BCUT2D eigenvalue weighted by atomic mass is 16.5. The van der Waals surface area contributed by atoms with Gasteiger partial charge in [0.05, 0.1) is 17.5 Å². The summed E-state index contributed by atoms with van der Waals surface area (Å²) in [5, 5.41) is 9.65. The van der Waals surface area contributed by atoms with Crippen LogP contribution >= 0.6 is 0 Å². The van der Waals surface area contributed by atoms with Crippen molar-refractivity contribution in [2.45, 2.75) is 152 Å². The molecule has 4 saturated carbocycles. The number of esters is 1. The lowest BCUT2D eigenvalue weighted by molar-refractivity contribution is -0.233. The molecule has 6 rings (SSSR count). The minimum absolute atomic E-state index is 0.0789. The lowest BCUT2D eigenvalue weighted by Crippen LogP contribution is -2.65. The minimum Gasteiger partial charge on any atom is -0.481 e. The molecule has 8 heteroatoms. The highest BCUT2D eigenvalue weighted by Crippen LogP contribution is 2.77. The van der Waals surface area contributed by atoms with E-state index in [1.165, 1.54) is 6.42 Å². The van der Waals surface area contributed by atoms with Crippen molar-refractivity contribution in [3.8, 4) is 0 Å². The molecule has 9 atom stereocenters. The van der Waals surface area contributed by atoms with Crippen molar-refractivity contribution in [3.05, 3.63) is 41.2 Å². The van der Waals surface area contributed by atoms with Gasteiger partial charge in [0.2, 0.25) is 0 Å². The molecule has 56 heavy (non-hydrogen) atoms. The van der Waals surface area contributed by atoms with E-state index >= 15 is 0 Å². The number of likely N-dealkylation sites (N-methyl/N-ethyl adjacent to an activating group) is 1. The van der Waals surface area contributed by atoms with E-state index in [0.29, 0.717) is 30.0 Å². The number of Topliss-reactive ketones (excluding diaryl/α,β-unsaturated/α-hetero) is 1. The van der Waals surface area contributed by atoms with Crippen LogP contribution in [0.15, 0.2) is 35.5 Å². The summed E-state index contributed by atoms with van der Waals surface area (Å²) in [5.41, 5.74) is 2.70. The Morgan fingerprint density at radius 3 is 2.25 bits per heavy atom. The Morgan fingerprint density at radius 1 is 0.911 bits per heavy atom. The molecule has 0 aliphatic heterocycles. The van der Waals surface area contributed by atoms with Gasteiger partial charge < -0.3 is 14.7 Å². The Kier molecular flexibility index (Phi) is 11.7. The van der Waals surface area contributed by atoms with Crippen molar-refractivity contribution >= 4 is 17.7 Å². The van der Waals surface area contributed by atoms with Crippen LogP contribution in [0.3, 0.4) is 0 Å². The van der Waals surface area contributed by atoms with Gasteiger partial charge in [0, 0.05) is 42.6 Å². The number of carbonyl (C=O) groups is 3. The van der Waals surface area contributed by atoms with E-state index in [2.05, 4.69) is 91.4 Å². The fourth-order valence-corrected chi connectivity index (χ4v) is 13.9. The zero-order chi connectivity index (χ0) is 41.2. The number of carbonyl (C=O) groups excluding carboxylic acids is 2. The van der Waals surface area contributed by atoms with Crippen LogP contribution in [0.1, 0.15) is 152 Å². The number of ether oxygens (including phenoxy) is 1. The van der Waals surface area contributed by atoms with Gasteiger partial charge in [-0.25, -0.2) is 0 Å². The smallest absolute Gasteiger partial charge is 0.309 e. The monoisotopic (exact) mass is 774 g/mol. The number of pyridine rings is 1. The molecular weight excluding hydrogens is 699 g/mol. The molecular formula is C48H75N3O5.